The van der Waals surface area contributed by atoms with Crippen molar-refractivity contribution < 1.29 is 10.0 Å². The predicted octanol–water partition coefficient (Wildman–Crippen LogP) is 0.987. The van der Waals surface area contributed by atoms with E-state index < -0.39 is 7.12 Å². The van der Waals surface area contributed by atoms with E-state index in [1.807, 2.05) is 12.1 Å². The number of hydrogen-bond donors (Lipinski definition) is 2. The molecule has 2 N–H and O–H groups in total. The lowest BCUT2D eigenvalue weighted by Crippen LogP contribution is -2.40. The largest absolute Gasteiger partial charge is 0.488 e. The Labute approximate surface area is 110 Å². The van der Waals surface area contributed by atoms with Crippen LogP contribution in [0.25, 0.3) is 0 Å². The third kappa shape index (κ3) is 3.34. The van der Waals surface area contributed by atoms with Gasteiger partial charge in [-0.15, -0.1) is 0 Å². The second kappa shape index (κ2) is 5.87. The minimum Gasteiger partial charge on any atom is -0.423 e. The molecule has 2 rings (SSSR count). The van der Waals surface area contributed by atoms with Crippen LogP contribution >= 0.6 is 0 Å². The van der Waals surface area contributed by atoms with E-state index >= 15 is 0 Å². The van der Waals surface area contributed by atoms with Crippen LogP contribution in [0.3, 0.4) is 0 Å². The van der Waals surface area contributed by atoms with Gasteiger partial charge in [0.15, 0.2) is 0 Å². The molecule has 0 aliphatic carbocycles. The summed E-state index contributed by atoms with van der Waals surface area (Å²) in [6.45, 7) is 6.71. The van der Waals surface area contributed by atoms with E-state index in [-0.39, 0.29) is 0 Å². The average Bonchev–Trinajstić information content (AvgIpc) is 2.34. The Hall–Kier alpha value is -0.835. The second-order valence-corrected chi connectivity index (χ2v) is 5.58. The fraction of sp³-hybridized carbons (Fsp3) is 0.571. The van der Waals surface area contributed by atoms with E-state index in [0.717, 1.165) is 19.0 Å². The first-order valence-corrected chi connectivity index (χ1v) is 6.75. The van der Waals surface area contributed by atoms with E-state index in [1.165, 1.54) is 18.4 Å². The van der Waals surface area contributed by atoms with Crippen LogP contribution in [0.4, 0.5) is 0 Å². The zero-order chi connectivity index (χ0) is 13.1. The van der Waals surface area contributed by atoms with E-state index in [0.29, 0.717) is 11.5 Å². The molecule has 0 bridgehead atoms. The molecule has 1 aliphatic heterocycles. The van der Waals surface area contributed by atoms with Crippen molar-refractivity contribution in [2.75, 3.05) is 6.54 Å². The van der Waals surface area contributed by atoms with E-state index in [1.54, 1.807) is 12.1 Å². The summed E-state index contributed by atoms with van der Waals surface area (Å²) in [7, 11) is -1.37. The van der Waals surface area contributed by atoms with Crippen LogP contribution in [0.2, 0.25) is 0 Å². The summed E-state index contributed by atoms with van der Waals surface area (Å²) in [4.78, 5) is 2.51. The highest BCUT2D eigenvalue weighted by atomic mass is 16.4. The molecule has 1 saturated heterocycles. The molecule has 1 aromatic rings. The minimum absolute atomic E-state index is 0.554. The molecule has 0 radical (unpaired) electrons. The smallest absolute Gasteiger partial charge is 0.423 e. The number of nitrogens with zero attached hydrogens (tertiary/aromatic N) is 1. The minimum atomic E-state index is -1.37. The van der Waals surface area contributed by atoms with Gasteiger partial charge in [-0.25, -0.2) is 0 Å². The molecule has 0 amide bonds. The molecule has 0 saturated carbocycles. The first-order chi connectivity index (χ1) is 8.56. The maximum atomic E-state index is 9.06. The van der Waals surface area contributed by atoms with Crippen molar-refractivity contribution in [3.05, 3.63) is 29.8 Å². The van der Waals surface area contributed by atoms with Crippen molar-refractivity contribution in [3.63, 3.8) is 0 Å². The maximum absolute atomic E-state index is 9.06. The number of hydrogen-bond acceptors (Lipinski definition) is 3. The first kappa shape index (κ1) is 13.6. The molecule has 1 aromatic carbocycles. The van der Waals surface area contributed by atoms with Crippen LogP contribution < -0.4 is 5.46 Å². The van der Waals surface area contributed by atoms with Crippen LogP contribution in [0.5, 0.6) is 0 Å². The number of rotatable bonds is 3. The molecule has 0 aromatic heterocycles. The van der Waals surface area contributed by atoms with Gasteiger partial charge < -0.3 is 10.0 Å². The Balaban J connectivity index is 1.99. The Kier molecular flexibility index (Phi) is 4.43. The molecule has 4 heteroatoms. The summed E-state index contributed by atoms with van der Waals surface area (Å²) in [5.41, 5.74) is 1.79. The molecule has 1 heterocycles. The zero-order valence-corrected chi connectivity index (χ0v) is 11.2. The highest BCUT2D eigenvalue weighted by Crippen LogP contribution is 2.22. The monoisotopic (exact) mass is 247 g/mol. The van der Waals surface area contributed by atoms with E-state index in [9.17, 15) is 0 Å². The molecule has 2 atom stereocenters. The van der Waals surface area contributed by atoms with Crippen LogP contribution in [0.1, 0.15) is 32.3 Å². The van der Waals surface area contributed by atoms with Gasteiger partial charge in [0.25, 0.3) is 0 Å². The van der Waals surface area contributed by atoms with Gasteiger partial charge in [-0.1, -0.05) is 31.2 Å². The summed E-state index contributed by atoms with van der Waals surface area (Å²) in [5, 5.41) is 18.1. The van der Waals surface area contributed by atoms with Crippen molar-refractivity contribution >= 4 is 12.6 Å². The number of likely N-dealkylation sites (tertiary alicyclic amines) is 1. The SMILES string of the molecule is CC1CCC(C)N(Cc2ccc(B(O)O)cc2)C1. The van der Waals surface area contributed by atoms with Gasteiger partial charge in [0, 0.05) is 19.1 Å². The van der Waals surface area contributed by atoms with Gasteiger partial charge in [0.05, 0.1) is 0 Å². The topological polar surface area (TPSA) is 43.7 Å². The van der Waals surface area contributed by atoms with Gasteiger partial charge in [-0.2, -0.15) is 0 Å². The molecular weight excluding hydrogens is 225 g/mol. The quantitative estimate of drug-likeness (QED) is 0.783. The van der Waals surface area contributed by atoms with Gasteiger partial charge >= 0.3 is 7.12 Å². The Morgan fingerprint density at radius 1 is 1.17 bits per heavy atom. The highest BCUT2D eigenvalue weighted by Gasteiger charge is 2.22. The lowest BCUT2D eigenvalue weighted by atomic mass is 9.80. The summed E-state index contributed by atoms with van der Waals surface area (Å²) in [6.07, 6.45) is 2.60. The van der Waals surface area contributed by atoms with Crippen molar-refractivity contribution in [1.29, 1.82) is 0 Å². The van der Waals surface area contributed by atoms with Crippen LogP contribution in [-0.2, 0) is 6.54 Å². The van der Waals surface area contributed by atoms with Crippen molar-refractivity contribution in [2.24, 2.45) is 5.92 Å². The van der Waals surface area contributed by atoms with Crippen molar-refractivity contribution in [1.82, 2.24) is 4.90 Å². The molecule has 2 unspecified atom stereocenters. The van der Waals surface area contributed by atoms with Crippen molar-refractivity contribution in [3.8, 4) is 0 Å². The Morgan fingerprint density at radius 3 is 2.44 bits per heavy atom. The zero-order valence-electron chi connectivity index (χ0n) is 11.2. The fourth-order valence-electron chi connectivity index (χ4n) is 2.63. The molecule has 1 aliphatic rings. The summed E-state index contributed by atoms with van der Waals surface area (Å²) >= 11 is 0. The number of piperidine rings is 1. The summed E-state index contributed by atoms with van der Waals surface area (Å²) in [6, 6.07) is 8.20. The molecule has 3 nitrogen and oxygen atoms in total. The lowest BCUT2D eigenvalue weighted by Gasteiger charge is -2.36. The average molecular weight is 247 g/mol. The highest BCUT2D eigenvalue weighted by molar-refractivity contribution is 6.58. The van der Waals surface area contributed by atoms with Gasteiger partial charge in [0.1, 0.15) is 0 Å². The van der Waals surface area contributed by atoms with Crippen molar-refractivity contribution in [2.45, 2.75) is 39.3 Å². The molecule has 18 heavy (non-hydrogen) atoms. The van der Waals surface area contributed by atoms with Gasteiger partial charge in [-0.05, 0) is 36.7 Å². The molecular formula is C14H22BNO2. The molecule has 1 fully saturated rings. The normalized spacial score (nSPS) is 25.1. The molecule has 98 valence electrons. The Bertz CT molecular complexity index is 380. The van der Waals surface area contributed by atoms with Crippen LogP contribution in [-0.4, -0.2) is 34.7 Å². The number of benzene rings is 1. The predicted molar refractivity (Wildman–Crippen MR) is 74.5 cm³/mol. The van der Waals surface area contributed by atoms with Gasteiger partial charge in [0.2, 0.25) is 0 Å². The van der Waals surface area contributed by atoms with Crippen LogP contribution in [0, 0.1) is 5.92 Å². The first-order valence-electron chi connectivity index (χ1n) is 6.75. The Morgan fingerprint density at radius 2 is 1.83 bits per heavy atom. The van der Waals surface area contributed by atoms with E-state index in [4.69, 9.17) is 10.0 Å². The second-order valence-electron chi connectivity index (χ2n) is 5.58. The van der Waals surface area contributed by atoms with E-state index in [2.05, 4.69) is 18.7 Å². The molecule has 0 spiro atoms. The standard InChI is InChI=1S/C14H22BNO2/c1-11-3-4-12(2)16(9-11)10-13-5-7-14(8-6-13)15(17)18/h5-8,11-12,17-18H,3-4,9-10H2,1-2H3. The lowest BCUT2D eigenvalue weighted by molar-refractivity contribution is 0.117. The maximum Gasteiger partial charge on any atom is 0.488 e. The van der Waals surface area contributed by atoms with Gasteiger partial charge in [-0.3, -0.25) is 4.90 Å². The third-order valence-electron chi connectivity index (χ3n) is 3.91. The summed E-state index contributed by atoms with van der Waals surface area (Å²) < 4.78 is 0. The third-order valence-corrected chi connectivity index (χ3v) is 3.91. The fourth-order valence-corrected chi connectivity index (χ4v) is 2.63. The summed E-state index contributed by atoms with van der Waals surface area (Å²) in [5.74, 6) is 0.778. The van der Waals surface area contributed by atoms with Crippen LogP contribution in [0.15, 0.2) is 24.3 Å².